The monoisotopic (exact) mass is 454 g/mol. The van der Waals surface area contributed by atoms with E-state index in [4.69, 9.17) is 10.5 Å². The maximum Gasteiger partial charge on any atom is 0.330 e. The summed E-state index contributed by atoms with van der Waals surface area (Å²) < 4.78 is 6.78. The molecule has 0 aliphatic rings. The lowest BCUT2D eigenvalue weighted by molar-refractivity contribution is -0.114. The molecule has 1 aromatic carbocycles. The van der Waals surface area contributed by atoms with E-state index in [9.17, 15) is 14.4 Å². The first kappa shape index (κ1) is 25.7. The van der Waals surface area contributed by atoms with Crippen molar-refractivity contribution in [3.63, 3.8) is 0 Å². The highest BCUT2D eigenvalue weighted by Crippen LogP contribution is 2.20. The molecule has 0 atom stereocenters. The van der Waals surface area contributed by atoms with Gasteiger partial charge in [0, 0.05) is 19.2 Å². The number of benzene rings is 1. The maximum absolute atomic E-state index is 13.2. The van der Waals surface area contributed by atoms with Gasteiger partial charge in [-0.3, -0.25) is 19.1 Å². The van der Waals surface area contributed by atoms with Gasteiger partial charge in [-0.1, -0.05) is 52.0 Å². The van der Waals surface area contributed by atoms with Gasteiger partial charge < -0.3 is 15.4 Å². The van der Waals surface area contributed by atoms with E-state index < -0.39 is 11.2 Å². The van der Waals surface area contributed by atoms with Crippen LogP contribution in [0.2, 0.25) is 0 Å². The van der Waals surface area contributed by atoms with Crippen LogP contribution >= 0.6 is 0 Å². The molecule has 1 aromatic heterocycles. The normalized spacial score (nSPS) is 11.2. The van der Waals surface area contributed by atoms with Crippen molar-refractivity contribution in [2.24, 2.45) is 5.92 Å². The zero-order chi connectivity index (χ0) is 24.4. The number of nitrogens with zero attached hydrogens (tertiary/aromatic N) is 2. The molecule has 0 fully saturated rings. The fourth-order valence-corrected chi connectivity index (χ4v) is 3.18. The molecule has 3 N–H and O–H groups in total. The number of hydrogen-bond donors (Lipinski definition) is 2. The minimum atomic E-state index is -0.667. The summed E-state index contributed by atoms with van der Waals surface area (Å²) in [6.07, 6.45) is 6.98. The Hall–Kier alpha value is -3.55. The van der Waals surface area contributed by atoms with Crippen LogP contribution in [0.4, 0.5) is 11.5 Å². The number of hydrogen-bond acceptors (Lipinski definition) is 5. The number of unbranched alkanes of at least 4 members (excludes halogenated alkanes) is 1. The third kappa shape index (κ3) is 7.24. The first-order chi connectivity index (χ1) is 15.8. The van der Waals surface area contributed by atoms with Crippen LogP contribution in [0.15, 0.2) is 52.6 Å². The van der Waals surface area contributed by atoms with Gasteiger partial charge in [0.2, 0.25) is 0 Å². The average Bonchev–Trinajstić information content (AvgIpc) is 2.78. The lowest BCUT2D eigenvalue weighted by atomic mass is 10.1. The predicted octanol–water partition coefficient (Wildman–Crippen LogP) is 3.58. The van der Waals surface area contributed by atoms with Gasteiger partial charge >= 0.3 is 5.69 Å². The third-order valence-electron chi connectivity index (χ3n) is 5.08. The van der Waals surface area contributed by atoms with E-state index in [1.54, 1.807) is 24.3 Å². The second kappa shape index (κ2) is 12.5. The van der Waals surface area contributed by atoms with Gasteiger partial charge in [-0.2, -0.15) is 0 Å². The maximum atomic E-state index is 13.2. The highest BCUT2D eigenvalue weighted by molar-refractivity contribution is 6.05. The van der Waals surface area contributed by atoms with Crippen LogP contribution in [0.25, 0.3) is 6.08 Å². The number of amides is 1. The topological polar surface area (TPSA) is 110 Å². The minimum absolute atomic E-state index is 0.00595. The summed E-state index contributed by atoms with van der Waals surface area (Å²) in [4.78, 5) is 41.8. The van der Waals surface area contributed by atoms with E-state index in [1.165, 1.54) is 15.5 Å². The van der Waals surface area contributed by atoms with Gasteiger partial charge in [-0.25, -0.2) is 4.79 Å². The van der Waals surface area contributed by atoms with Crippen LogP contribution in [-0.4, -0.2) is 28.6 Å². The number of aromatic nitrogens is 2. The molecule has 2 rings (SSSR count). The predicted molar refractivity (Wildman–Crippen MR) is 134 cm³/mol. The largest absolute Gasteiger partial charge is 0.490 e. The Morgan fingerprint density at radius 1 is 1.27 bits per heavy atom. The molecule has 178 valence electrons. The number of aromatic amines is 1. The molecule has 0 unspecified atom stereocenters. The summed E-state index contributed by atoms with van der Waals surface area (Å²) >= 11 is 0. The van der Waals surface area contributed by atoms with Crippen LogP contribution in [0.5, 0.6) is 5.75 Å². The second-order valence-electron chi connectivity index (χ2n) is 8.17. The molecule has 1 amide bonds. The SMILES string of the molecule is C=CCOc1ccc(/C=C/C(=O)N(CCC(C)C)c2c(N)n(CCCC)c(=O)[nH]c2=O)cc1. The fraction of sp³-hybridized carbons (Fsp3) is 0.400. The van der Waals surface area contributed by atoms with Crippen molar-refractivity contribution in [1.82, 2.24) is 9.55 Å². The molecule has 0 radical (unpaired) electrons. The summed E-state index contributed by atoms with van der Waals surface area (Å²) in [5.74, 6) is 0.622. The average molecular weight is 455 g/mol. The molecule has 1 heterocycles. The number of carbonyl (C=O) groups is 1. The van der Waals surface area contributed by atoms with E-state index >= 15 is 0 Å². The van der Waals surface area contributed by atoms with Gasteiger partial charge in [-0.05, 0) is 42.5 Å². The zero-order valence-electron chi connectivity index (χ0n) is 19.7. The fourth-order valence-electron chi connectivity index (χ4n) is 3.18. The summed E-state index contributed by atoms with van der Waals surface area (Å²) in [7, 11) is 0. The van der Waals surface area contributed by atoms with Crippen LogP contribution < -0.4 is 26.6 Å². The van der Waals surface area contributed by atoms with Gasteiger partial charge in [0.25, 0.3) is 11.5 Å². The number of nitrogen functional groups attached to an aromatic ring is 1. The van der Waals surface area contributed by atoms with E-state index in [0.29, 0.717) is 37.8 Å². The first-order valence-corrected chi connectivity index (χ1v) is 11.2. The molecule has 0 saturated heterocycles. The molecule has 0 spiro atoms. The molecule has 0 saturated carbocycles. The van der Waals surface area contributed by atoms with Crippen molar-refractivity contribution in [2.75, 3.05) is 23.8 Å². The molecule has 8 nitrogen and oxygen atoms in total. The zero-order valence-corrected chi connectivity index (χ0v) is 19.7. The molecule has 0 bridgehead atoms. The number of rotatable bonds is 12. The Labute approximate surface area is 194 Å². The number of anilines is 2. The van der Waals surface area contributed by atoms with Crippen molar-refractivity contribution in [2.45, 2.75) is 46.6 Å². The third-order valence-corrected chi connectivity index (χ3v) is 5.08. The Morgan fingerprint density at radius 2 is 1.97 bits per heavy atom. The number of carbonyl (C=O) groups excluding carboxylic acids is 1. The highest BCUT2D eigenvalue weighted by atomic mass is 16.5. The van der Waals surface area contributed by atoms with E-state index in [-0.39, 0.29) is 17.4 Å². The summed E-state index contributed by atoms with van der Waals surface area (Å²) in [5.41, 5.74) is 5.81. The molecular formula is C25H34N4O4. The van der Waals surface area contributed by atoms with Gasteiger partial charge in [-0.15, -0.1) is 0 Å². The van der Waals surface area contributed by atoms with Crippen molar-refractivity contribution >= 4 is 23.5 Å². The molecule has 0 aliphatic carbocycles. The quantitative estimate of drug-likeness (QED) is 0.376. The molecule has 0 aliphatic heterocycles. The van der Waals surface area contributed by atoms with Gasteiger partial charge in [0.1, 0.15) is 18.2 Å². The summed E-state index contributed by atoms with van der Waals surface area (Å²) in [6.45, 7) is 10.8. The lowest BCUT2D eigenvalue weighted by Gasteiger charge is -2.24. The lowest BCUT2D eigenvalue weighted by Crippen LogP contribution is -2.41. The number of ether oxygens (including phenoxy) is 1. The first-order valence-electron chi connectivity index (χ1n) is 11.2. The summed E-state index contributed by atoms with van der Waals surface area (Å²) in [6, 6.07) is 7.26. The number of H-pyrrole nitrogens is 1. The Balaban J connectivity index is 2.37. The van der Waals surface area contributed by atoms with Crippen molar-refractivity contribution in [3.05, 3.63) is 69.4 Å². The van der Waals surface area contributed by atoms with E-state index in [2.05, 4.69) is 11.6 Å². The van der Waals surface area contributed by atoms with Crippen molar-refractivity contribution < 1.29 is 9.53 Å². The Morgan fingerprint density at radius 3 is 2.58 bits per heavy atom. The van der Waals surface area contributed by atoms with E-state index in [0.717, 1.165) is 18.4 Å². The van der Waals surface area contributed by atoms with Crippen LogP contribution in [0.1, 0.15) is 45.6 Å². The van der Waals surface area contributed by atoms with Crippen LogP contribution in [-0.2, 0) is 11.3 Å². The van der Waals surface area contributed by atoms with E-state index in [1.807, 2.05) is 32.9 Å². The second-order valence-corrected chi connectivity index (χ2v) is 8.17. The van der Waals surface area contributed by atoms with Gasteiger partial charge in [0.05, 0.1) is 0 Å². The molecule has 33 heavy (non-hydrogen) atoms. The number of nitrogens with one attached hydrogen (secondary N) is 1. The number of nitrogens with two attached hydrogens (primary N) is 1. The minimum Gasteiger partial charge on any atom is -0.490 e. The Kier molecular flexibility index (Phi) is 9.72. The van der Waals surface area contributed by atoms with Crippen molar-refractivity contribution in [1.29, 1.82) is 0 Å². The Bertz CT molecular complexity index is 1080. The smallest absolute Gasteiger partial charge is 0.330 e. The molecule has 8 heteroatoms. The van der Waals surface area contributed by atoms with Crippen LogP contribution in [0, 0.1) is 5.92 Å². The molecular weight excluding hydrogens is 420 g/mol. The molecule has 2 aromatic rings. The van der Waals surface area contributed by atoms with Crippen molar-refractivity contribution in [3.8, 4) is 5.75 Å². The van der Waals surface area contributed by atoms with Crippen LogP contribution in [0.3, 0.4) is 0 Å². The highest BCUT2D eigenvalue weighted by Gasteiger charge is 2.23. The standard InChI is InChI=1S/C25H34N4O4/c1-5-7-15-29-23(26)22(24(31)27-25(29)32)28(16-14-18(3)4)21(30)13-10-19-8-11-20(12-9-19)33-17-6-2/h6,8-13,18H,2,5,7,14-17,26H2,1,3-4H3,(H,27,31,32)/b13-10+. The van der Waals surface area contributed by atoms with Gasteiger partial charge in [0.15, 0.2) is 5.69 Å². The summed E-state index contributed by atoms with van der Waals surface area (Å²) in [5, 5.41) is 0.